The SMILES string of the molecule is Cc1cccc(C)c1C1CCN(Cc2c(C(=O)N3CCC(C(=O)c4ccccc4)CC3)[nH]c3ccccc23)CC1. The molecule has 4 aromatic rings. The number of aromatic nitrogens is 1. The summed E-state index contributed by atoms with van der Waals surface area (Å²) < 4.78 is 0. The average Bonchev–Trinajstić information content (AvgIpc) is 3.36. The van der Waals surface area contributed by atoms with Crippen LogP contribution in [0.5, 0.6) is 0 Å². The zero-order chi connectivity index (χ0) is 27.6. The van der Waals surface area contributed by atoms with Crippen LogP contribution in [0.3, 0.4) is 0 Å². The quantitative estimate of drug-likeness (QED) is 0.274. The van der Waals surface area contributed by atoms with Crippen LogP contribution in [0.15, 0.2) is 72.8 Å². The number of piperidine rings is 2. The Labute approximate surface area is 237 Å². The molecule has 5 nitrogen and oxygen atoms in total. The summed E-state index contributed by atoms with van der Waals surface area (Å²) in [5.41, 5.74) is 7.93. The number of hydrogen-bond acceptors (Lipinski definition) is 3. The summed E-state index contributed by atoms with van der Waals surface area (Å²) in [6.45, 7) is 8.51. The minimum absolute atomic E-state index is 0.0215. The van der Waals surface area contributed by atoms with Gasteiger partial charge in [0.05, 0.1) is 0 Å². The van der Waals surface area contributed by atoms with E-state index in [0.29, 0.717) is 37.5 Å². The van der Waals surface area contributed by atoms with E-state index in [-0.39, 0.29) is 17.6 Å². The molecule has 40 heavy (non-hydrogen) atoms. The van der Waals surface area contributed by atoms with E-state index in [1.54, 1.807) is 0 Å². The summed E-state index contributed by atoms with van der Waals surface area (Å²) in [6.07, 6.45) is 3.70. The van der Waals surface area contributed by atoms with Crippen LogP contribution in [0.25, 0.3) is 10.9 Å². The molecule has 3 aromatic carbocycles. The van der Waals surface area contributed by atoms with Crippen LogP contribution in [0.1, 0.15) is 74.7 Å². The average molecular weight is 534 g/mol. The van der Waals surface area contributed by atoms with Gasteiger partial charge in [0.15, 0.2) is 5.78 Å². The Bertz CT molecular complexity index is 1490. The monoisotopic (exact) mass is 533 g/mol. The zero-order valence-corrected chi connectivity index (χ0v) is 23.7. The summed E-state index contributed by atoms with van der Waals surface area (Å²) in [4.78, 5) is 34.8. The molecular formula is C35H39N3O2. The molecule has 0 spiro atoms. The number of benzene rings is 3. The van der Waals surface area contributed by atoms with Gasteiger partial charge in [-0.2, -0.15) is 0 Å². The molecule has 0 bridgehead atoms. The number of H-pyrrole nitrogens is 1. The first kappa shape index (κ1) is 26.5. The topological polar surface area (TPSA) is 56.4 Å². The number of para-hydroxylation sites is 1. The van der Waals surface area contributed by atoms with Crippen molar-refractivity contribution in [3.63, 3.8) is 0 Å². The van der Waals surface area contributed by atoms with Gasteiger partial charge in [-0.25, -0.2) is 0 Å². The Morgan fingerprint density at radius 3 is 2.12 bits per heavy atom. The van der Waals surface area contributed by atoms with Crippen LogP contribution in [0.2, 0.25) is 0 Å². The van der Waals surface area contributed by atoms with Crippen molar-refractivity contribution in [1.82, 2.24) is 14.8 Å². The van der Waals surface area contributed by atoms with Crippen molar-refractivity contribution in [2.75, 3.05) is 26.2 Å². The van der Waals surface area contributed by atoms with E-state index in [1.807, 2.05) is 41.3 Å². The maximum Gasteiger partial charge on any atom is 0.270 e. The number of nitrogens with one attached hydrogen (secondary N) is 1. The van der Waals surface area contributed by atoms with Crippen LogP contribution >= 0.6 is 0 Å². The van der Waals surface area contributed by atoms with E-state index in [4.69, 9.17) is 0 Å². The highest BCUT2D eigenvalue weighted by Crippen LogP contribution is 2.34. The minimum Gasteiger partial charge on any atom is -0.350 e. The van der Waals surface area contributed by atoms with Gasteiger partial charge in [0.25, 0.3) is 5.91 Å². The largest absolute Gasteiger partial charge is 0.350 e. The van der Waals surface area contributed by atoms with E-state index in [1.165, 1.54) is 16.7 Å². The molecule has 2 aliphatic rings. The predicted octanol–water partition coefficient (Wildman–Crippen LogP) is 6.90. The maximum absolute atomic E-state index is 13.9. The molecule has 1 aromatic heterocycles. The molecule has 3 heterocycles. The molecule has 2 saturated heterocycles. The normalized spacial score (nSPS) is 17.4. The number of amides is 1. The third-order valence-electron chi connectivity index (χ3n) is 9.16. The summed E-state index contributed by atoms with van der Waals surface area (Å²) in [5.74, 6) is 0.832. The van der Waals surface area contributed by atoms with Crippen LogP contribution in [0, 0.1) is 19.8 Å². The van der Waals surface area contributed by atoms with Gasteiger partial charge in [-0.3, -0.25) is 14.5 Å². The Balaban J connectivity index is 1.16. The first-order valence-electron chi connectivity index (χ1n) is 14.8. The minimum atomic E-state index is -0.0215. The standard InChI is InChI=1S/C35H39N3O2/c1-24-9-8-10-25(2)32(24)26-15-19-37(20-16-26)23-30-29-13-6-7-14-31(29)36-33(30)35(40)38-21-17-28(18-22-38)34(39)27-11-4-3-5-12-27/h3-14,26,28,36H,15-23H2,1-2H3. The van der Waals surface area contributed by atoms with Crippen LogP contribution in [0.4, 0.5) is 0 Å². The number of carbonyl (C=O) groups excluding carboxylic acids is 2. The maximum atomic E-state index is 13.9. The zero-order valence-electron chi connectivity index (χ0n) is 23.7. The first-order chi connectivity index (χ1) is 19.5. The Kier molecular flexibility index (Phi) is 7.57. The van der Waals surface area contributed by atoms with E-state index >= 15 is 0 Å². The fourth-order valence-corrected chi connectivity index (χ4v) is 6.96. The van der Waals surface area contributed by atoms with Gasteiger partial charge in [-0.05, 0) is 81.3 Å². The van der Waals surface area contributed by atoms with Crippen molar-refractivity contribution in [3.8, 4) is 0 Å². The molecule has 2 aliphatic heterocycles. The van der Waals surface area contributed by atoms with Gasteiger partial charge in [0.2, 0.25) is 0 Å². The molecule has 0 aliphatic carbocycles. The molecule has 1 amide bonds. The van der Waals surface area contributed by atoms with E-state index in [0.717, 1.165) is 54.5 Å². The summed E-state index contributed by atoms with van der Waals surface area (Å²) >= 11 is 0. The lowest BCUT2D eigenvalue weighted by atomic mass is 9.84. The fraction of sp³-hybridized carbons (Fsp3) is 0.371. The van der Waals surface area contributed by atoms with Gasteiger partial charge >= 0.3 is 0 Å². The second kappa shape index (κ2) is 11.4. The number of fused-ring (bicyclic) bond motifs is 1. The number of Topliss-reactive ketones (excluding diaryl/α,β-unsaturated/α-hetero) is 1. The number of hydrogen-bond donors (Lipinski definition) is 1. The van der Waals surface area contributed by atoms with Gasteiger partial charge < -0.3 is 9.88 Å². The summed E-state index contributed by atoms with van der Waals surface area (Å²) in [7, 11) is 0. The molecule has 2 fully saturated rings. The second-order valence-electron chi connectivity index (χ2n) is 11.7. The second-order valence-corrected chi connectivity index (χ2v) is 11.7. The molecule has 206 valence electrons. The summed E-state index contributed by atoms with van der Waals surface area (Å²) in [6, 6.07) is 24.4. The molecule has 0 saturated carbocycles. The molecule has 1 N–H and O–H groups in total. The predicted molar refractivity (Wildman–Crippen MR) is 161 cm³/mol. The Morgan fingerprint density at radius 2 is 1.43 bits per heavy atom. The number of aryl methyl sites for hydroxylation is 2. The smallest absolute Gasteiger partial charge is 0.270 e. The molecule has 0 atom stereocenters. The van der Waals surface area contributed by atoms with Crippen molar-refractivity contribution in [1.29, 1.82) is 0 Å². The number of rotatable bonds is 6. The highest BCUT2D eigenvalue weighted by Gasteiger charge is 2.31. The van der Waals surface area contributed by atoms with Crippen LogP contribution in [-0.4, -0.2) is 52.7 Å². The van der Waals surface area contributed by atoms with E-state index in [2.05, 4.69) is 60.1 Å². The Hall–Kier alpha value is -3.70. The fourth-order valence-electron chi connectivity index (χ4n) is 6.96. The van der Waals surface area contributed by atoms with Gasteiger partial charge in [0, 0.05) is 47.6 Å². The lowest BCUT2D eigenvalue weighted by molar-refractivity contribution is 0.0644. The molecule has 6 rings (SSSR count). The molecule has 0 unspecified atom stereocenters. The molecular weight excluding hydrogens is 494 g/mol. The Morgan fingerprint density at radius 1 is 0.775 bits per heavy atom. The highest BCUT2D eigenvalue weighted by molar-refractivity contribution is 6.01. The number of likely N-dealkylation sites (tertiary alicyclic amines) is 2. The molecule has 5 heteroatoms. The van der Waals surface area contributed by atoms with Gasteiger partial charge in [-0.1, -0.05) is 66.7 Å². The van der Waals surface area contributed by atoms with Crippen molar-refractivity contribution in [2.24, 2.45) is 5.92 Å². The third kappa shape index (κ3) is 5.23. The van der Waals surface area contributed by atoms with E-state index < -0.39 is 0 Å². The number of carbonyl (C=O) groups is 2. The highest BCUT2D eigenvalue weighted by atomic mass is 16.2. The number of aromatic amines is 1. The van der Waals surface area contributed by atoms with Crippen LogP contribution < -0.4 is 0 Å². The third-order valence-corrected chi connectivity index (χ3v) is 9.16. The number of ketones is 1. The van der Waals surface area contributed by atoms with E-state index in [9.17, 15) is 9.59 Å². The number of nitrogens with zero attached hydrogens (tertiary/aromatic N) is 2. The van der Waals surface area contributed by atoms with Gasteiger partial charge in [-0.15, -0.1) is 0 Å². The lowest BCUT2D eigenvalue weighted by Crippen LogP contribution is -2.41. The van der Waals surface area contributed by atoms with Crippen molar-refractivity contribution < 1.29 is 9.59 Å². The lowest BCUT2D eigenvalue weighted by Gasteiger charge is -2.34. The van der Waals surface area contributed by atoms with Gasteiger partial charge in [0.1, 0.15) is 5.69 Å². The summed E-state index contributed by atoms with van der Waals surface area (Å²) in [5, 5.41) is 1.14. The molecule has 0 radical (unpaired) electrons. The first-order valence-corrected chi connectivity index (χ1v) is 14.8. The van der Waals surface area contributed by atoms with Crippen molar-refractivity contribution in [2.45, 2.75) is 52.0 Å². The van der Waals surface area contributed by atoms with Crippen molar-refractivity contribution in [3.05, 3.63) is 106 Å². The van der Waals surface area contributed by atoms with Crippen LogP contribution in [-0.2, 0) is 6.54 Å². The van der Waals surface area contributed by atoms with Crippen molar-refractivity contribution >= 4 is 22.6 Å².